The molecule has 36 heavy (non-hydrogen) atoms. The van der Waals surface area contributed by atoms with Crippen LogP contribution in [0.2, 0.25) is 0 Å². The summed E-state index contributed by atoms with van der Waals surface area (Å²) in [6.07, 6.45) is 2.07. The van der Waals surface area contributed by atoms with Crippen molar-refractivity contribution in [3.05, 3.63) is 65.0 Å². The van der Waals surface area contributed by atoms with Gasteiger partial charge in [0.2, 0.25) is 0 Å². The second-order valence-electron chi connectivity index (χ2n) is 10.9. The van der Waals surface area contributed by atoms with Crippen LogP contribution in [-0.4, -0.2) is 56.1 Å². The molecule has 1 saturated heterocycles. The van der Waals surface area contributed by atoms with Crippen molar-refractivity contribution in [2.24, 2.45) is 5.41 Å². The molecule has 7 rings (SSSR count). The highest BCUT2D eigenvalue weighted by Crippen LogP contribution is 2.51. The van der Waals surface area contributed by atoms with Gasteiger partial charge >= 0.3 is 0 Å². The minimum absolute atomic E-state index is 0.439. The number of halogens is 2. The molecule has 2 aromatic carbocycles. The van der Waals surface area contributed by atoms with Crippen LogP contribution in [-0.2, 0) is 13.1 Å². The van der Waals surface area contributed by atoms with Crippen LogP contribution < -0.4 is 4.74 Å². The normalized spacial score (nSPS) is 20.4. The second-order valence-corrected chi connectivity index (χ2v) is 10.9. The van der Waals surface area contributed by atoms with E-state index in [4.69, 9.17) is 9.72 Å². The van der Waals surface area contributed by atoms with E-state index in [1.165, 1.54) is 43.8 Å². The standard InChI is InChI=1S/C27H28F2N6O/c1-15(16-5-17(28)7-18(29)6-16)36-20-3-4-22-21(8-20)25(33-32-22)26-30-23-11-35(12-24(23)31-26)19-9-27(10-19)13-34(2)14-27/h3-8,15,19H,9-14H2,1-2H3,(H,30,31)(H,32,33). The van der Waals surface area contributed by atoms with Crippen LogP contribution in [0, 0.1) is 17.0 Å². The molecule has 4 heterocycles. The molecule has 2 N–H and O–H groups in total. The molecular weight excluding hydrogens is 462 g/mol. The summed E-state index contributed by atoms with van der Waals surface area (Å²) in [4.78, 5) is 13.4. The Morgan fingerprint density at radius 1 is 1.08 bits per heavy atom. The lowest BCUT2D eigenvalue weighted by atomic mass is 9.60. The van der Waals surface area contributed by atoms with Crippen molar-refractivity contribution in [1.29, 1.82) is 0 Å². The van der Waals surface area contributed by atoms with Gasteiger partial charge in [-0.15, -0.1) is 0 Å². The first-order chi connectivity index (χ1) is 17.3. The van der Waals surface area contributed by atoms with Crippen LogP contribution >= 0.6 is 0 Å². The number of H-pyrrole nitrogens is 2. The van der Waals surface area contributed by atoms with Crippen molar-refractivity contribution >= 4 is 10.9 Å². The number of rotatable bonds is 5. The van der Waals surface area contributed by atoms with Crippen molar-refractivity contribution in [2.45, 2.75) is 45.0 Å². The molecule has 1 aliphatic carbocycles. The van der Waals surface area contributed by atoms with Crippen molar-refractivity contribution < 1.29 is 13.5 Å². The summed E-state index contributed by atoms with van der Waals surface area (Å²) in [6, 6.07) is 9.70. The van der Waals surface area contributed by atoms with Crippen LogP contribution in [0.25, 0.3) is 22.4 Å². The fourth-order valence-corrected chi connectivity index (χ4v) is 6.41. The Morgan fingerprint density at radius 3 is 2.58 bits per heavy atom. The van der Waals surface area contributed by atoms with Crippen LogP contribution in [0.4, 0.5) is 8.78 Å². The van der Waals surface area contributed by atoms with Crippen LogP contribution in [0.15, 0.2) is 36.4 Å². The topological polar surface area (TPSA) is 73.1 Å². The number of benzene rings is 2. The summed E-state index contributed by atoms with van der Waals surface area (Å²) in [6.45, 7) is 6.02. The number of nitrogens with zero attached hydrogens (tertiary/aromatic N) is 4. The maximum absolute atomic E-state index is 13.6. The lowest BCUT2D eigenvalue weighted by molar-refractivity contribution is -0.100. The van der Waals surface area contributed by atoms with E-state index in [0.717, 1.165) is 47.3 Å². The number of fused-ring (bicyclic) bond motifs is 2. The van der Waals surface area contributed by atoms with E-state index in [1.807, 2.05) is 18.2 Å². The lowest BCUT2D eigenvalue weighted by Gasteiger charge is -2.60. The summed E-state index contributed by atoms with van der Waals surface area (Å²) >= 11 is 0. The summed E-state index contributed by atoms with van der Waals surface area (Å²) in [5, 5.41) is 8.46. The predicted octanol–water partition coefficient (Wildman–Crippen LogP) is 4.78. The molecule has 1 spiro atoms. The Kier molecular flexibility index (Phi) is 4.78. The Balaban J connectivity index is 1.08. The van der Waals surface area contributed by atoms with Gasteiger partial charge in [-0.25, -0.2) is 13.8 Å². The molecule has 0 radical (unpaired) electrons. The van der Waals surface area contributed by atoms with Crippen LogP contribution in [0.5, 0.6) is 5.75 Å². The summed E-state index contributed by atoms with van der Waals surface area (Å²) in [5.74, 6) is 0.0944. The van der Waals surface area contributed by atoms with Gasteiger partial charge in [-0.1, -0.05) is 0 Å². The molecule has 4 aromatic rings. The van der Waals surface area contributed by atoms with Crippen molar-refractivity contribution in [3.63, 3.8) is 0 Å². The predicted molar refractivity (Wildman–Crippen MR) is 131 cm³/mol. The fraction of sp³-hybridized carbons (Fsp3) is 0.407. The first-order valence-electron chi connectivity index (χ1n) is 12.5. The lowest BCUT2D eigenvalue weighted by Crippen LogP contribution is -2.64. The number of imidazole rings is 1. The molecule has 1 atom stereocenters. The molecule has 1 unspecified atom stereocenters. The Hall–Kier alpha value is -3.30. The van der Waals surface area contributed by atoms with Gasteiger partial charge in [-0.2, -0.15) is 5.10 Å². The highest BCUT2D eigenvalue weighted by atomic mass is 19.1. The van der Waals surface area contributed by atoms with Gasteiger partial charge in [0.15, 0.2) is 5.82 Å². The van der Waals surface area contributed by atoms with Gasteiger partial charge in [-0.05, 0) is 68.1 Å². The zero-order chi connectivity index (χ0) is 24.6. The number of likely N-dealkylation sites (tertiary alicyclic amines) is 1. The van der Waals surface area contributed by atoms with Crippen LogP contribution in [0.1, 0.15) is 42.8 Å². The van der Waals surface area contributed by atoms with Gasteiger partial charge < -0.3 is 14.6 Å². The van der Waals surface area contributed by atoms with Gasteiger partial charge in [0.1, 0.15) is 29.2 Å². The summed E-state index contributed by atoms with van der Waals surface area (Å²) in [7, 11) is 2.20. The highest BCUT2D eigenvalue weighted by Gasteiger charge is 2.53. The smallest absolute Gasteiger partial charge is 0.159 e. The summed E-state index contributed by atoms with van der Waals surface area (Å²) in [5.41, 5.74) is 4.88. The fourth-order valence-electron chi connectivity index (χ4n) is 6.41. The molecule has 2 fully saturated rings. The van der Waals surface area contributed by atoms with E-state index in [9.17, 15) is 8.78 Å². The molecule has 186 valence electrons. The first kappa shape index (κ1) is 21.9. The van der Waals surface area contributed by atoms with Gasteiger partial charge in [0, 0.05) is 43.7 Å². The first-order valence-corrected chi connectivity index (χ1v) is 12.5. The molecule has 2 aromatic heterocycles. The third-order valence-corrected chi connectivity index (χ3v) is 8.07. The number of nitrogens with one attached hydrogen (secondary N) is 2. The van der Waals surface area contributed by atoms with E-state index >= 15 is 0 Å². The molecule has 7 nitrogen and oxygen atoms in total. The number of ether oxygens (including phenoxy) is 1. The van der Waals surface area contributed by atoms with Crippen molar-refractivity contribution in [1.82, 2.24) is 30.0 Å². The SMILES string of the molecule is CC(Oc1ccc2[nH]nc(-c3nc4c([nH]3)CN(C3CC5(C3)CN(C)C5)C4)c2c1)c1cc(F)cc(F)c1. The Bertz CT molecular complexity index is 1420. The molecule has 0 bridgehead atoms. The molecule has 2 aliphatic heterocycles. The molecule has 1 saturated carbocycles. The Labute approximate surface area is 207 Å². The zero-order valence-corrected chi connectivity index (χ0v) is 20.3. The third-order valence-electron chi connectivity index (χ3n) is 8.07. The van der Waals surface area contributed by atoms with Crippen molar-refractivity contribution in [3.8, 4) is 17.3 Å². The number of aromatic amines is 2. The quantitative estimate of drug-likeness (QED) is 0.421. The number of aromatic nitrogens is 4. The molecule has 0 amide bonds. The van der Waals surface area contributed by atoms with E-state index in [1.54, 1.807) is 6.92 Å². The van der Waals surface area contributed by atoms with E-state index in [-0.39, 0.29) is 0 Å². The van der Waals surface area contributed by atoms with E-state index in [0.29, 0.717) is 22.8 Å². The molecular formula is C27H28F2N6O. The largest absolute Gasteiger partial charge is 0.486 e. The molecule has 3 aliphatic rings. The monoisotopic (exact) mass is 490 g/mol. The van der Waals surface area contributed by atoms with E-state index in [2.05, 4.69) is 32.0 Å². The number of hydrogen-bond donors (Lipinski definition) is 2. The van der Waals surface area contributed by atoms with Gasteiger partial charge in [0.05, 0.1) is 16.9 Å². The van der Waals surface area contributed by atoms with Crippen molar-refractivity contribution in [2.75, 3.05) is 20.1 Å². The number of hydrogen-bond acceptors (Lipinski definition) is 5. The van der Waals surface area contributed by atoms with E-state index < -0.39 is 17.7 Å². The maximum atomic E-state index is 13.6. The van der Waals surface area contributed by atoms with Gasteiger partial charge in [-0.3, -0.25) is 10.00 Å². The average Bonchev–Trinajstić information content (AvgIpc) is 3.47. The summed E-state index contributed by atoms with van der Waals surface area (Å²) < 4.78 is 33.3. The molecule has 9 heteroatoms. The van der Waals surface area contributed by atoms with Crippen LogP contribution in [0.3, 0.4) is 0 Å². The second kappa shape index (κ2) is 7.85. The van der Waals surface area contributed by atoms with Gasteiger partial charge in [0.25, 0.3) is 0 Å². The minimum Gasteiger partial charge on any atom is -0.486 e. The third kappa shape index (κ3) is 3.60. The highest BCUT2D eigenvalue weighted by molar-refractivity contribution is 5.92. The zero-order valence-electron chi connectivity index (χ0n) is 20.3. The minimum atomic E-state index is -0.620. The maximum Gasteiger partial charge on any atom is 0.159 e. The average molecular weight is 491 g/mol. The Morgan fingerprint density at radius 2 is 1.86 bits per heavy atom.